The fraction of sp³-hybridized carbons (Fsp3) is 0.625. The number of rotatable bonds is 6. The summed E-state index contributed by atoms with van der Waals surface area (Å²) in [4.78, 5) is 1.34. The maximum absolute atomic E-state index is 11.4. The molecule has 0 aromatic heterocycles. The summed E-state index contributed by atoms with van der Waals surface area (Å²) >= 11 is 1.79. The second-order valence-electron chi connectivity index (χ2n) is 5.92. The summed E-state index contributed by atoms with van der Waals surface area (Å²) in [6.07, 6.45) is 4.74. The standard InChI is InChI=1S/C16H25NO2S2/c1-13(11-15-5-3-4-6-16(15)20-2)17-12-14-7-9-21(18,19)10-8-14/h3-6,13-14,17H,7-12H2,1-2H3. The molecule has 1 aromatic rings. The van der Waals surface area contributed by atoms with Crippen molar-refractivity contribution in [2.24, 2.45) is 5.92 Å². The van der Waals surface area contributed by atoms with Crippen LogP contribution in [0.2, 0.25) is 0 Å². The van der Waals surface area contributed by atoms with Crippen LogP contribution in [0.5, 0.6) is 0 Å². The lowest BCUT2D eigenvalue weighted by Gasteiger charge is -2.24. The molecule has 0 aliphatic carbocycles. The zero-order chi connectivity index (χ0) is 15.3. The fourth-order valence-corrected chi connectivity index (χ4v) is 5.00. The van der Waals surface area contributed by atoms with Crippen molar-refractivity contribution in [3.8, 4) is 0 Å². The lowest BCUT2D eigenvalue weighted by Crippen LogP contribution is -2.36. The normalized spacial score (nSPS) is 20.3. The number of benzene rings is 1. The molecule has 0 amide bonds. The molecule has 1 saturated heterocycles. The maximum atomic E-state index is 11.4. The van der Waals surface area contributed by atoms with Crippen LogP contribution in [-0.2, 0) is 16.3 Å². The van der Waals surface area contributed by atoms with Crippen molar-refractivity contribution in [3.63, 3.8) is 0 Å². The molecule has 1 fully saturated rings. The van der Waals surface area contributed by atoms with Crippen LogP contribution in [0.1, 0.15) is 25.3 Å². The van der Waals surface area contributed by atoms with E-state index in [0.29, 0.717) is 23.5 Å². The molecule has 118 valence electrons. The van der Waals surface area contributed by atoms with E-state index >= 15 is 0 Å². The monoisotopic (exact) mass is 327 g/mol. The molecule has 1 aliphatic rings. The van der Waals surface area contributed by atoms with Crippen LogP contribution in [0, 0.1) is 5.92 Å². The Morgan fingerprint density at radius 1 is 1.29 bits per heavy atom. The number of sulfone groups is 1. The second kappa shape index (κ2) is 7.65. The van der Waals surface area contributed by atoms with Gasteiger partial charge in [-0.3, -0.25) is 0 Å². The minimum absolute atomic E-state index is 0.364. The number of hydrogen-bond acceptors (Lipinski definition) is 4. The van der Waals surface area contributed by atoms with E-state index in [4.69, 9.17) is 0 Å². The summed E-state index contributed by atoms with van der Waals surface area (Å²) < 4.78 is 22.8. The van der Waals surface area contributed by atoms with Gasteiger partial charge in [-0.05, 0) is 56.5 Å². The van der Waals surface area contributed by atoms with E-state index in [1.807, 2.05) is 0 Å². The Balaban J connectivity index is 1.79. The third kappa shape index (κ3) is 5.31. The number of thioether (sulfide) groups is 1. The van der Waals surface area contributed by atoms with Crippen molar-refractivity contribution >= 4 is 21.6 Å². The second-order valence-corrected chi connectivity index (χ2v) is 9.07. The molecule has 1 atom stereocenters. The van der Waals surface area contributed by atoms with Crippen LogP contribution in [-0.4, -0.2) is 38.8 Å². The Morgan fingerprint density at radius 2 is 1.95 bits per heavy atom. The minimum Gasteiger partial charge on any atom is -0.314 e. The summed E-state index contributed by atoms with van der Waals surface area (Å²) in [5, 5.41) is 3.58. The van der Waals surface area contributed by atoms with Gasteiger partial charge in [-0.1, -0.05) is 18.2 Å². The predicted octanol–water partition coefficient (Wildman–Crippen LogP) is 2.75. The summed E-state index contributed by atoms with van der Waals surface area (Å²) in [6.45, 7) is 3.13. The van der Waals surface area contributed by atoms with Crippen LogP contribution in [0.4, 0.5) is 0 Å². The van der Waals surface area contributed by atoms with E-state index in [0.717, 1.165) is 25.8 Å². The molecular formula is C16H25NO2S2. The van der Waals surface area contributed by atoms with Gasteiger partial charge < -0.3 is 5.32 Å². The summed E-state index contributed by atoms with van der Waals surface area (Å²) in [7, 11) is -2.74. The van der Waals surface area contributed by atoms with Crippen LogP contribution in [0.25, 0.3) is 0 Å². The van der Waals surface area contributed by atoms with E-state index in [1.165, 1.54) is 10.5 Å². The number of nitrogens with one attached hydrogen (secondary N) is 1. The minimum atomic E-state index is -2.74. The Kier molecular flexibility index (Phi) is 6.14. The maximum Gasteiger partial charge on any atom is 0.150 e. The molecule has 1 aromatic carbocycles. The highest BCUT2D eigenvalue weighted by molar-refractivity contribution is 7.98. The quantitative estimate of drug-likeness (QED) is 0.816. The molecule has 1 heterocycles. The summed E-state index contributed by atoms with van der Waals surface area (Å²) in [5.41, 5.74) is 1.39. The SMILES string of the molecule is CSc1ccccc1CC(C)NCC1CCS(=O)(=O)CC1. The highest BCUT2D eigenvalue weighted by atomic mass is 32.2. The summed E-state index contributed by atoms with van der Waals surface area (Å²) in [5.74, 6) is 1.23. The van der Waals surface area contributed by atoms with Crippen molar-refractivity contribution in [2.45, 2.75) is 37.1 Å². The molecule has 2 rings (SSSR count). The predicted molar refractivity (Wildman–Crippen MR) is 90.8 cm³/mol. The third-order valence-electron chi connectivity index (χ3n) is 4.15. The molecule has 0 spiro atoms. The van der Waals surface area contributed by atoms with Crippen molar-refractivity contribution in [1.82, 2.24) is 5.32 Å². The van der Waals surface area contributed by atoms with Gasteiger partial charge in [-0.25, -0.2) is 8.42 Å². The average Bonchev–Trinajstić information content (AvgIpc) is 2.47. The smallest absolute Gasteiger partial charge is 0.150 e. The first kappa shape index (κ1) is 16.8. The molecule has 1 aliphatic heterocycles. The van der Waals surface area contributed by atoms with Crippen LogP contribution < -0.4 is 5.32 Å². The third-order valence-corrected chi connectivity index (χ3v) is 6.70. The topological polar surface area (TPSA) is 46.2 Å². The van der Waals surface area contributed by atoms with E-state index < -0.39 is 9.84 Å². The highest BCUT2D eigenvalue weighted by Crippen LogP contribution is 2.22. The largest absolute Gasteiger partial charge is 0.314 e. The first-order valence-electron chi connectivity index (χ1n) is 7.56. The van der Waals surface area contributed by atoms with Crippen LogP contribution in [0.15, 0.2) is 29.2 Å². The molecule has 1 N–H and O–H groups in total. The molecule has 0 saturated carbocycles. The van der Waals surface area contributed by atoms with Gasteiger partial charge in [0.25, 0.3) is 0 Å². The average molecular weight is 328 g/mol. The van der Waals surface area contributed by atoms with Gasteiger partial charge >= 0.3 is 0 Å². The van der Waals surface area contributed by atoms with Crippen molar-refractivity contribution in [1.29, 1.82) is 0 Å². The highest BCUT2D eigenvalue weighted by Gasteiger charge is 2.23. The molecule has 5 heteroatoms. The molecule has 3 nitrogen and oxygen atoms in total. The Bertz CT molecular complexity index is 543. The molecule has 0 bridgehead atoms. The zero-order valence-electron chi connectivity index (χ0n) is 12.8. The molecular weight excluding hydrogens is 302 g/mol. The first-order valence-corrected chi connectivity index (χ1v) is 10.6. The molecule has 1 unspecified atom stereocenters. The Morgan fingerprint density at radius 3 is 2.62 bits per heavy atom. The van der Waals surface area contributed by atoms with E-state index in [2.05, 4.69) is 42.8 Å². The molecule has 0 radical (unpaired) electrons. The van der Waals surface area contributed by atoms with E-state index in [9.17, 15) is 8.42 Å². The van der Waals surface area contributed by atoms with Crippen molar-refractivity contribution < 1.29 is 8.42 Å². The lowest BCUT2D eigenvalue weighted by atomic mass is 10.0. The van der Waals surface area contributed by atoms with Gasteiger partial charge in [0, 0.05) is 10.9 Å². The lowest BCUT2D eigenvalue weighted by molar-refractivity contribution is 0.404. The van der Waals surface area contributed by atoms with Gasteiger partial charge in [-0.2, -0.15) is 0 Å². The van der Waals surface area contributed by atoms with Gasteiger partial charge in [-0.15, -0.1) is 11.8 Å². The Labute approximate surface area is 132 Å². The van der Waals surface area contributed by atoms with Gasteiger partial charge in [0.15, 0.2) is 0 Å². The fourth-order valence-electron chi connectivity index (χ4n) is 2.78. The summed E-state index contributed by atoms with van der Waals surface area (Å²) in [6, 6.07) is 8.94. The van der Waals surface area contributed by atoms with Gasteiger partial charge in [0.05, 0.1) is 11.5 Å². The van der Waals surface area contributed by atoms with Gasteiger partial charge in [0.2, 0.25) is 0 Å². The van der Waals surface area contributed by atoms with E-state index in [1.54, 1.807) is 11.8 Å². The van der Waals surface area contributed by atoms with Crippen molar-refractivity contribution in [2.75, 3.05) is 24.3 Å². The first-order chi connectivity index (χ1) is 10.00. The zero-order valence-corrected chi connectivity index (χ0v) is 14.5. The van der Waals surface area contributed by atoms with Gasteiger partial charge in [0.1, 0.15) is 9.84 Å². The van der Waals surface area contributed by atoms with E-state index in [-0.39, 0.29) is 0 Å². The molecule has 21 heavy (non-hydrogen) atoms. The Hall–Kier alpha value is -0.520. The van der Waals surface area contributed by atoms with Crippen molar-refractivity contribution in [3.05, 3.63) is 29.8 Å². The van der Waals surface area contributed by atoms with Crippen LogP contribution >= 0.6 is 11.8 Å². The van der Waals surface area contributed by atoms with Crippen LogP contribution in [0.3, 0.4) is 0 Å². The number of hydrogen-bond donors (Lipinski definition) is 1.